The summed E-state index contributed by atoms with van der Waals surface area (Å²) in [6.45, 7) is 6.43. The van der Waals surface area contributed by atoms with Gasteiger partial charge in [0.25, 0.3) is 0 Å². The molecule has 1 aliphatic rings. The molecule has 0 saturated carbocycles. The maximum absolute atomic E-state index is 5.59. The van der Waals surface area contributed by atoms with Crippen molar-refractivity contribution in [2.45, 2.75) is 12.8 Å². The molecule has 0 unspecified atom stereocenters. The highest BCUT2D eigenvalue weighted by atomic mass is 16.5. The molecule has 0 spiro atoms. The van der Waals surface area contributed by atoms with Crippen LogP contribution >= 0.6 is 0 Å². The van der Waals surface area contributed by atoms with Crippen LogP contribution in [0.2, 0.25) is 0 Å². The number of benzene rings is 1. The molecule has 1 N–H and O–H groups in total. The molecular weight excluding hydrogens is 210 g/mol. The lowest BCUT2D eigenvalue weighted by Crippen LogP contribution is -2.19. The van der Waals surface area contributed by atoms with Gasteiger partial charge in [-0.15, -0.1) is 6.58 Å². The molecule has 17 heavy (non-hydrogen) atoms. The number of ether oxygens (including phenoxy) is 1. The van der Waals surface area contributed by atoms with E-state index in [0.29, 0.717) is 6.61 Å². The Kier molecular flexibility index (Phi) is 4.39. The van der Waals surface area contributed by atoms with Crippen LogP contribution in [0.3, 0.4) is 0 Å². The lowest BCUT2D eigenvalue weighted by atomic mass is 10.0. The van der Waals surface area contributed by atoms with Crippen LogP contribution in [0.25, 0.3) is 5.57 Å². The van der Waals surface area contributed by atoms with Crippen LogP contribution in [0, 0.1) is 0 Å². The van der Waals surface area contributed by atoms with Crippen molar-refractivity contribution in [1.29, 1.82) is 0 Å². The fourth-order valence-electron chi connectivity index (χ4n) is 1.91. The number of hydrogen-bond donors (Lipinski definition) is 1. The Hall–Kier alpha value is -1.54. The molecule has 0 bridgehead atoms. The van der Waals surface area contributed by atoms with Crippen LogP contribution in [-0.2, 0) is 0 Å². The average Bonchev–Trinajstić information content (AvgIpc) is 2.41. The summed E-state index contributed by atoms with van der Waals surface area (Å²) in [7, 11) is 0. The average molecular weight is 229 g/mol. The number of rotatable bonds is 5. The van der Waals surface area contributed by atoms with Crippen LogP contribution in [0.4, 0.5) is 0 Å². The zero-order valence-corrected chi connectivity index (χ0v) is 10.1. The molecule has 1 aliphatic heterocycles. The Morgan fingerprint density at radius 2 is 2.12 bits per heavy atom. The first-order chi connectivity index (χ1) is 8.40. The van der Waals surface area contributed by atoms with Crippen molar-refractivity contribution in [3.8, 4) is 5.75 Å². The second kappa shape index (κ2) is 6.26. The summed E-state index contributed by atoms with van der Waals surface area (Å²) < 4.78 is 5.59. The predicted octanol–water partition coefficient (Wildman–Crippen LogP) is 3.02. The van der Waals surface area contributed by atoms with Gasteiger partial charge in [0.2, 0.25) is 0 Å². The summed E-state index contributed by atoms with van der Waals surface area (Å²) in [5, 5.41) is 3.32. The summed E-state index contributed by atoms with van der Waals surface area (Å²) in [6.07, 6.45) is 6.13. The quantitative estimate of drug-likeness (QED) is 0.619. The van der Waals surface area contributed by atoms with Crippen LogP contribution < -0.4 is 10.1 Å². The Bertz CT molecular complexity index is 392. The van der Waals surface area contributed by atoms with Gasteiger partial charge in [-0.3, -0.25) is 0 Å². The summed E-state index contributed by atoms with van der Waals surface area (Å²) in [5.41, 5.74) is 2.74. The lowest BCUT2D eigenvalue weighted by Gasteiger charge is -2.14. The van der Waals surface area contributed by atoms with Crippen LogP contribution in [0.1, 0.15) is 18.4 Å². The maximum atomic E-state index is 5.59. The first kappa shape index (κ1) is 11.9. The normalized spacial score (nSPS) is 15.2. The first-order valence-electron chi connectivity index (χ1n) is 6.14. The van der Waals surface area contributed by atoms with Crippen LogP contribution in [-0.4, -0.2) is 19.7 Å². The third-order valence-electron chi connectivity index (χ3n) is 2.88. The van der Waals surface area contributed by atoms with Crippen molar-refractivity contribution in [2.24, 2.45) is 0 Å². The molecule has 1 heterocycles. The Morgan fingerprint density at radius 1 is 1.29 bits per heavy atom. The van der Waals surface area contributed by atoms with E-state index in [9.17, 15) is 0 Å². The molecular formula is C15H19NO. The smallest absolute Gasteiger partial charge is 0.119 e. The van der Waals surface area contributed by atoms with Gasteiger partial charge in [-0.05, 0) is 42.7 Å². The minimum absolute atomic E-state index is 0.704. The van der Waals surface area contributed by atoms with E-state index in [1.165, 1.54) is 11.1 Å². The summed E-state index contributed by atoms with van der Waals surface area (Å²) in [4.78, 5) is 0. The largest absolute Gasteiger partial charge is 0.493 e. The Morgan fingerprint density at radius 3 is 2.76 bits per heavy atom. The van der Waals surface area contributed by atoms with Gasteiger partial charge < -0.3 is 10.1 Å². The van der Waals surface area contributed by atoms with Gasteiger partial charge in [0, 0.05) is 6.54 Å². The fraction of sp³-hybridized carbons (Fsp3) is 0.333. The molecule has 1 aromatic rings. The molecule has 1 aromatic carbocycles. The monoisotopic (exact) mass is 229 g/mol. The molecule has 0 aliphatic carbocycles. The second-order valence-corrected chi connectivity index (χ2v) is 4.13. The van der Waals surface area contributed by atoms with E-state index >= 15 is 0 Å². The Labute approximate surface area is 103 Å². The van der Waals surface area contributed by atoms with Gasteiger partial charge in [0.05, 0.1) is 6.61 Å². The van der Waals surface area contributed by atoms with Crippen molar-refractivity contribution in [3.63, 3.8) is 0 Å². The summed E-state index contributed by atoms with van der Waals surface area (Å²) in [6, 6.07) is 8.36. The number of nitrogens with one attached hydrogen (secondary N) is 1. The van der Waals surface area contributed by atoms with Crippen molar-refractivity contribution in [3.05, 3.63) is 48.6 Å². The first-order valence-corrected chi connectivity index (χ1v) is 6.14. The Balaban J connectivity index is 1.97. The van der Waals surface area contributed by atoms with Crippen molar-refractivity contribution >= 4 is 5.57 Å². The molecule has 0 amide bonds. The van der Waals surface area contributed by atoms with Crippen molar-refractivity contribution in [1.82, 2.24) is 5.32 Å². The minimum Gasteiger partial charge on any atom is -0.493 e. The third kappa shape index (κ3) is 3.46. The van der Waals surface area contributed by atoms with Crippen LogP contribution in [0.5, 0.6) is 5.75 Å². The summed E-state index contributed by atoms with van der Waals surface area (Å²) >= 11 is 0. The van der Waals surface area contributed by atoms with Gasteiger partial charge in [-0.2, -0.15) is 0 Å². The van der Waals surface area contributed by atoms with E-state index in [2.05, 4.69) is 30.1 Å². The third-order valence-corrected chi connectivity index (χ3v) is 2.88. The maximum Gasteiger partial charge on any atom is 0.119 e. The molecule has 2 nitrogen and oxygen atoms in total. The van der Waals surface area contributed by atoms with Crippen LogP contribution in [0.15, 0.2) is 43.0 Å². The lowest BCUT2D eigenvalue weighted by molar-refractivity contribution is 0.325. The zero-order chi connectivity index (χ0) is 11.9. The minimum atomic E-state index is 0.704. The van der Waals surface area contributed by atoms with E-state index in [1.807, 2.05) is 18.2 Å². The molecule has 0 saturated heterocycles. The van der Waals surface area contributed by atoms with Gasteiger partial charge >= 0.3 is 0 Å². The van der Waals surface area contributed by atoms with Crippen molar-refractivity contribution < 1.29 is 4.74 Å². The fourth-order valence-corrected chi connectivity index (χ4v) is 1.91. The number of hydrogen-bond acceptors (Lipinski definition) is 2. The highest BCUT2D eigenvalue weighted by Gasteiger charge is 2.05. The predicted molar refractivity (Wildman–Crippen MR) is 72.2 cm³/mol. The molecule has 0 atom stereocenters. The standard InChI is InChI=1S/C15H19NO/c1-2-3-12-17-15-6-4-13(5-7-15)14-8-10-16-11-9-14/h2,4-8,16H,1,3,9-12H2. The molecule has 0 fully saturated rings. The molecule has 2 heteroatoms. The van der Waals surface area contributed by atoms with Gasteiger partial charge in [0.1, 0.15) is 5.75 Å². The van der Waals surface area contributed by atoms with E-state index in [0.717, 1.165) is 31.7 Å². The molecule has 90 valence electrons. The molecule has 0 aromatic heterocycles. The molecule has 2 rings (SSSR count). The van der Waals surface area contributed by atoms with E-state index in [4.69, 9.17) is 4.74 Å². The van der Waals surface area contributed by atoms with Gasteiger partial charge in [-0.1, -0.05) is 24.3 Å². The van der Waals surface area contributed by atoms with Gasteiger partial charge in [-0.25, -0.2) is 0 Å². The highest BCUT2D eigenvalue weighted by Crippen LogP contribution is 2.22. The van der Waals surface area contributed by atoms with Gasteiger partial charge in [0.15, 0.2) is 0 Å². The summed E-state index contributed by atoms with van der Waals surface area (Å²) in [5.74, 6) is 0.935. The van der Waals surface area contributed by atoms with Crippen molar-refractivity contribution in [2.75, 3.05) is 19.7 Å². The van der Waals surface area contributed by atoms with E-state index < -0.39 is 0 Å². The zero-order valence-electron chi connectivity index (χ0n) is 10.1. The van der Waals surface area contributed by atoms with E-state index in [-0.39, 0.29) is 0 Å². The topological polar surface area (TPSA) is 21.3 Å². The molecule has 0 radical (unpaired) electrons. The van der Waals surface area contributed by atoms with E-state index in [1.54, 1.807) is 0 Å². The second-order valence-electron chi connectivity index (χ2n) is 4.13. The SMILES string of the molecule is C=CCCOc1ccc(C2=CCNCC2)cc1. The highest BCUT2D eigenvalue weighted by molar-refractivity contribution is 5.67.